The second-order valence-corrected chi connectivity index (χ2v) is 8.50. The molecule has 144 valence electrons. The van der Waals surface area contributed by atoms with Crippen LogP contribution in [0.1, 0.15) is 12.8 Å². The molecule has 27 heavy (non-hydrogen) atoms. The van der Waals surface area contributed by atoms with E-state index < -0.39 is 11.1 Å². The van der Waals surface area contributed by atoms with E-state index in [4.69, 9.17) is 28.6 Å². The van der Waals surface area contributed by atoms with Crippen LogP contribution >= 0.6 is 46.9 Å². The van der Waals surface area contributed by atoms with Gasteiger partial charge in [-0.1, -0.05) is 22.9 Å². The first kappa shape index (κ1) is 20.3. The van der Waals surface area contributed by atoms with Crippen LogP contribution in [0.5, 0.6) is 5.06 Å². The Hall–Kier alpha value is -1.39. The molecule has 0 radical (unpaired) electrons. The highest BCUT2D eigenvalue weighted by molar-refractivity contribution is 8.00. The van der Waals surface area contributed by atoms with Crippen molar-refractivity contribution >= 4 is 63.7 Å². The van der Waals surface area contributed by atoms with Crippen LogP contribution in [0, 0.1) is 5.13 Å². The third kappa shape index (κ3) is 6.05. The second-order valence-electron chi connectivity index (χ2n) is 5.66. The molecule has 1 aliphatic heterocycles. The highest BCUT2D eigenvalue weighted by atomic mass is 35.5. The number of anilines is 1. The number of halogens is 2. The van der Waals surface area contributed by atoms with Crippen molar-refractivity contribution < 1.29 is 13.9 Å². The molecule has 10 heteroatoms. The topological polar surface area (TPSA) is 53.6 Å². The van der Waals surface area contributed by atoms with Crippen LogP contribution in [0.25, 0.3) is 0 Å². The number of hydrogen-bond donors (Lipinski definition) is 2. The van der Waals surface area contributed by atoms with Gasteiger partial charge in [0.1, 0.15) is 0 Å². The molecule has 1 aromatic carbocycles. The average Bonchev–Trinajstić information content (AvgIpc) is 3.07. The number of benzene rings is 1. The Balaban J connectivity index is 1.61. The minimum Gasteiger partial charge on any atom is -0.415 e. The zero-order chi connectivity index (χ0) is 19.2. The summed E-state index contributed by atoms with van der Waals surface area (Å²) >= 11 is 13.6. The lowest BCUT2D eigenvalue weighted by atomic mass is 10.3. The summed E-state index contributed by atoms with van der Waals surface area (Å²) in [6.45, 7) is 1.73. The maximum atomic E-state index is 13.0. The predicted octanol–water partition coefficient (Wildman–Crippen LogP) is 4.54. The molecule has 1 aromatic heterocycles. The lowest BCUT2D eigenvalue weighted by Crippen LogP contribution is -2.48. The van der Waals surface area contributed by atoms with Gasteiger partial charge in [0, 0.05) is 23.0 Å². The number of esters is 1. The Morgan fingerprint density at radius 1 is 1.41 bits per heavy atom. The molecule has 2 aromatic rings. The van der Waals surface area contributed by atoms with Crippen molar-refractivity contribution in [1.82, 2.24) is 10.4 Å². The Kier molecular flexibility index (Phi) is 7.31. The van der Waals surface area contributed by atoms with Gasteiger partial charge in [0.05, 0.1) is 11.4 Å². The van der Waals surface area contributed by atoms with Gasteiger partial charge in [0.15, 0.2) is 15.3 Å². The number of carbonyl (C=O) groups excluding carboxylic acids is 1. The fourth-order valence-electron chi connectivity index (χ4n) is 2.39. The third-order valence-electron chi connectivity index (χ3n) is 3.65. The summed E-state index contributed by atoms with van der Waals surface area (Å²) in [6.07, 6.45) is 2.20. The Morgan fingerprint density at radius 2 is 2.26 bits per heavy atom. The number of carbonyl (C=O) groups is 1. The highest BCUT2D eigenvalue weighted by Gasteiger charge is 2.16. The predicted molar refractivity (Wildman–Crippen MR) is 112 cm³/mol. The van der Waals surface area contributed by atoms with E-state index in [0.717, 1.165) is 47.9 Å². The van der Waals surface area contributed by atoms with Crippen molar-refractivity contribution in [3.8, 4) is 5.06 Å². The third-order valence-corrected chi connectivity index (χ3v) is 5.99. The number of nitrogens with zero attached hydrogens (tertiary/aromatic N) is 1. The molecule has 0 amide bonds. The normalized spacial score (nSPS) is 14.1. The molecule has 2 N–H and O–H groups in total. The monoisotopic (exact) mass is 445 g/mol. The molecule has 0 aliphatic carbocycles. The van der Waals surface area contributed by atoms with Crippen molar-refractivity contribution in [2.24, 2.45) is 0 Å². The van der Waals surface area contributed by atoms with Crippen LogP contribution in [0.3, 0.4) is 0 Å². The molecular formula is C17H17ClFN3O2S3. The first-order valence-corrected chi connectivity index (χ1v) is 10.8. The minimum absolute atomic E-state index is 0.0588. The maximum absolute atomic E-state index is 13.0. The summed E-state index contributed by atoms with van der Waals surface area (Å²) in [5.74, 6) is -0.406. The second kappa shape index (κ2) is 9.70. The van der Waals surface area contributed by atoms with Crippen LogP contribution in [0.2, 0.25) is 5.02 Å². The highest BCUT2D eigenvalue weighted by Crippen LogP contribution is 2.31. The van der Waals surface area contributed by atoms with E-state index in [2.05, 4.69) is 10.7 Å². The van der Waals surface area contributed by atoms with Gasteiger partial charge in [-0.25, -0.2) is 5.43 Å². The summed E-state index contributed by atoms with van der Waals surface area (Å²) in [5, 5.41) is 6.06. The SMILES string of the molecule is O=C(CSc1cc(Cl)ccc1NC(=S)N1CCCCN1)Oc1ccc(F)s1. The van der Waals surface area contributed by atoms with Crippen molar-refractivity contribution in [3.63, 3.8) is 0 Å². The lowest BCUT2D eigenvalue weighted by molar-refractivity contribution is -0.131. The van der Waals surface area contributed by atoms with Gasteiger partial charge in [-0.05, 0) is 55.4 Å². The molecule has 3 rings (SSSR count). The smallest absolute Gasteiger partial charge is 0.322 e. The van der Waals surface area contributed by atoms with E-state index in [0.29, 0.717) is 10.1 Å². The minimum atomic E-state index is -0.465. The van der Waals surface area contributed by atoms with Crippen molar-refractivity contribution in [1.29, 1.82) is 0 Å². The molecular weight excluding hydrogens is 429 g/mol. The van der Waals surface area contributed by atoms with Crippen molar-refractivity contribution in [3.05, 3.63) is 40.5 Å². The quantitative estimate of drug-likeness (QED) is 0.398. The number of thiocarbonyl (C=S) groups is 1. The number of ether oxygens (including phenoxy) is 1. The van der Waals surface area contributed by atoms with Gasteiger partial charge < -0.3 is 10.1 Å². The molecule has 0 saturated carbocycles. The van der Waals surface area contributed by atoms with E-state index in [-0.39, 0.29) is 10.8 Å². The molecule has 1 aliphatic rings. The Bertz CT molecular complexity index is 828. The summed E-state index contributed by atoms with van der Waals surface area (Å²) in [7, 11) is 0. The van der Waals surface area contributed by atoms with E-state index in [1.54, 1.807) is 12.1 Å². The van der Waals surface area contributed by atoms with Crippen molar-refractivity contribution in [2.45, 2.75) is 17.7 Å². The van der Waals surface area contributed by atoms with E-state index in [1.807, 2.05) is 11.1 Å². The van der Waals surface area contributed by atoms with Crippen LogP contribution in [0.15, 0.2) is 35.2 Å². The molecule has 0 unspecified atom stereocenters. The van der Waals surface area contributed by atoms with Gasteiger partial charge in [-0.15, -0.1) is 11.8 Å². The molecule has 5 nitrogen and oxygen atoms in total. The van der Waals surface area contributed by atoms with Crippen LogP contribution in [-0.2, 0) is 4.79 Å². The molecule has 2 heterocycles. The summed E-state index contributed by atoms with van der Waals surface area (Å²) in [4.78, 5) is 12.8. The fourth-order valence-corrected chi connectivity index (χ4v) is 4.31. The first-order valence-electron chi connectivity index (χ1n) is 8.21. The number of hydrogen-bond acceptors (Lipinski definition) is 6. The number of thioether (sulfide) groups is 1. The van der Waals surface area contributed by atoms with Gasteiger partial charge in [-0.2, -0.15) is 4.39 Å². The summed E-state index contributed by atoms with van der Waals surface area (Å²) in [6, 6.07) is 8.03. The van der Waals surface area contributed by atoms with Crippen molar-refractivity contribution in [2.75, 3.05) is 24.2 Å². The fraction of sp³-hybridized carbons (Fsp3) is 0.294. The zero-order valence-corrected chi connectivity index (χ0v) is 17.4. The number of hydrazine groups is 1. The van der Waals surface area contributed by atoms with Gasteiger partial charge >= 0.3 is 5.97 Å². The summed E-state index contributed by atoms with van der Waals surface area (Å²) in [5.41, 5.74) is 4.00. The maximum Gasteiger partial charge on any atom is 0.322 e. The number of rotatable bonds is 5. The van der Waals surface area contributed by atoms with E-state index >= 15 is 0 Å². The number of nitrogens with one attached hydrogen (secondary N) is 2. The van der Waals surface area contributed by atoms with E-state index in [1.165, 1.54) is 23.9 Å². The molecule has 0 atom stereocenters. The largest absolute Gasteiger partial charge is 0.415 e. The molecule has 0 spiro atoms. The Morgan fingerprint density at radius 3 is 2.96 bits per heavy atom. The molecule has 1 fully saturated rings. The first-order chi connectivity index (χ1) is 13.0. The van der Waals surface area contributed by atoms with Crippen LogP contribution in [0.4, 0.5) is 10.1 Å². The van der Waals surface area contributed by atoms with Gasteiger partial charge in [0.25, 0.3) is 0 Å². The van der Waals surface area contributed by atoms with Gasteiger partial charge in [-0.3, -0.25) is 9.80 Å². The standard InChI is InChI=1S/C17H17ClFN3O2S3/c18-11-3-4-12(21-17(25)22-8-2-1-7-20-22)13(9-11)26-10-15(23)24-16-6-5-14(19)27-16/h3-6,9,20H,1-2,7-8,10H2,(H,21,25). The number of thiophene rings is 1. The zero-order valence-electron chi connectivity index (χ0n) is 14.2. The van der Waals surface area contributed by atoms with E-state index in [9.17, 15) is 9.18 Å². The van der Waals surface area contributed by atoms with Gasteiger partial charge in [0.2, 0.25) is 0 Å². The molecule has 0 bridgehead atoms. The van der Waals surface area contributed by atoms with Crippen LogP contribution < -0.4 is 15.5 Å². The lowest BCUT2D eigenvalue weighted by Gasteiger charge is -2.30. The Labute approximate surface area is 175 Å². The van der Waals surface area contributed by atoms with Crippen LogP contribution in [-0.4, -0.2) is 34.9 Å². The molecule has 1 saturated heterocycles. The summed E-state index contributed by atoms with van der Waals surface area (Å²) < 4.78 is 18.1. The average molecular weight is 446 g/mol.